The lowest BCUT2D eigenvalue weighted by Crippen LogP contribution is -2.15. The average Bonchev–Trinajstić information content (AvgIpc) is 2.80. The first-order valence-electron chi connectivity index (χ1n) is 5.64. The van der Waals surface area contributed by atoms with E-state index in [0.29, 0.717) is 12.3 Å². The van der Waals surface area contributed by atoms with Gasteiger partial charge < -0.3 is 10.3 Å². The smallest absolute Gasteiger partial charge is 0.226 e. The van der Waals surface area contributed by atoms with E-state index in [9.17, 15) is 8.78 Å². The van der Waals surface area contributed by atoms with Gasteiger partial charge in [0.05, 0.1) is 6.04 Å². The minimum absolute atomic E-state index is 0.0128. The van der Waals surface area contributed by atoms with Gasteiger partial charge in [0.25, 0.3) is 0 Å². The fraction of sp³-hybridized carbons (Fsp3) is 0.333. The number of nitrogens with two attached hydrogens (primary N) is 1. The first-order valence-corrected chi connectivity index (χ1v) is 5.64. The second kappa shape index (κ2) is 5.22. The van der Waals surface area contributed by atoms with Crippen molar-refractivity contribution in [2.75, 3.05) is 0 Å². The molecule has 0 aliphatic rings. The molecule has 1 heterocycles. The van der Waals surface area contributed by atoms with E-state index in [-0.39, 0.29) is 11.4 Å². The molecular weight excluding hydrogens is 240 g/mol. The number of benzene rings is 1. The second-order valence-electron chi connectivity index (χ2n) is 3.94. The maximum absolute atomic E-state index is 13.5. The van der Waals surface area contributed by atoms with Gasteiger partial charge in [-0.05, 0) is 24.6 Å². The third-order valence-corrected chi connectivity index (χ3v) is 2.52. The molecule has 0 aliphatic heterocycles. The summed E-state index contributed by atoms with van der Waals surface area (Å²) in [5.41, 5.74) is 5.82. The van der Waals surface area contributed by atoms with Crippen LogP contribution >= 0.6 is 0 Å². The van der Waals surface area contributed by atoms with Crippen LogP contribution in [0.1, 0.15) is 36.7 Å². The first kappa shape index (κ1) is 12.6. The van der Waals surface area contributed by atoms with Crippen molar-refractivity contribution >= 4 is 0 Å². The van der Waals surface area contributed by atoms with Crippen LogP contribution in [-0.4, -0.2) is 10.1 Å². The van der Waals surface area contributed by atoms with Crippen molar-refractivity contribution in [2.45, 2.75) is 25.8 Å². The largest absolute Gasteiger partial charge is 0.339 e. The standard InChI is InChI=1S/C12H13F2N3O/c1-2-3-10-16-12(17-18-10)11(15)8-6-7(13)4-5-9(8)14/h4-6,11H,2-3,15H2,1H3. The van der Waals surface area contributed by atoms with E-state index in [2.05, 4.69) is 10.1 Å². The monoisotopic (exact) mass is 253 g/mol. The number of hydrogen-bond donors (Lipinski definition) is 1. The zero-order valence-electron chi connectivity index (χ0n) is 9.86. The van der Waals surface area contributed by atoms with Crippen molar-refractivity contribution in [3.8, 4) is 0 Å². The average molecular weight is 253 g/mol. The molecule has 4 nitrogen and oxygen atoms in total. The lowest BCUT2D eigenvalue weighted by Gasteiger charge is -2.08. The third kappa shape index (κ3) is 2.53. The van der Waals surface area contributed by atoms with Gasteiger partial charge in [0, 0.05) is 12.0 Å². The Hall–Kier alpha value is -1.82. The van der Waals surface area contributed by atoms with E-state index in [1.54, 1.807) is 0 Å². The molecular formula is C12H13F2N3O. The third-order valence-electron chi connectivity index (χ3n) is 2.52. The van der Waals surface area contributed by atoms with E-state index in [4.69, 9.17) is 10.3 Å². The summed E-state index contributed by atoms with van der Waals surface area (Å²) in [7, 11) is 0. The van der Waals surface area contributed by atoms with Crippen LogP contribution < -0.4 is 5.73 Å². The maximum atomic E-state index is 13.5. The summed E-state index contributed by atoms with van der Waals surface area (Å²) in [6.07, 6.45) is 1.48. The van der Waals surface area contributed by atoms with Crippen molar-refractivity contribution < 1.29 is 13.3 Å². The molecule has 0 spiro atoms. The van der Waals surface area contributed by atoms with E-state index in [1.807, 2.05) is 6.92 Å². The summed E-state index contributed by atoms with van der Waals surface area (Å²) < 4.78 is 31.6. The Bertz CT molecular complexity index is 542. The highest BCUT2D eigenvalue weighted by Crippen LogP contribution is 2.21. The number of aromatic nitrogens is 2. The molecule has 1 unspecified atom stereocenters. The molecule has 6 heteroatoms. The molecule has 0 fully saturated rings. The summed E-state index contributed by atoms with van der Waals surface area (Å²) in [6, 6.07) is 2.16. The number of rotatable bonds is 4. The molecule has 2 aromatic rings. The van der Waals surface area contributed by atoms with Crippen LogP contribution in [0, 0.1) is 11.6 Å². The molecule has 1 aromatic heterocycles. The Morgan fingerprint density at radius 1 is 1.39 bits per heavy atom. The summed E-state index contributed by atoms with van der Waals surface area (Å²) in [6.45, 7) is 1.97. The molecule has 0 saturated carbocycles. The molecule has 0 saturated heterocycles. The zero-order chi connectivity index (χ0) is 13.1. The topological polar surface area (TPSA) is 64.9 Å². The predicted octanol–water partition coefficient (Wildman–Crippen LogP) is 2.35. The predicted molar refractivity (Wildman–Crippen MR) is 60.7 cm³/mol. The Balaban J connectivity index is 2.29. The first-order chi connectivity index (χ1) is 8.61. The van der Waals surface area contributed by atoms with Gasteiger partial charge in [-0.15, -0.1) is 0 Å². The highest BCUT2D eigenvalue weighted by molar-refractivity contribution is 5.26. The van der Waals surface area contributed by atoms with Crippen LogP contribution in [-0.2, 0) is 6.42 Å². The SMILES string of the molecule is CCCc1nc(C(N)c2cc(F)ccc2F)no1. The summed E-state index contributed by atoms with van der Waals surface area (Å²) >= 11 is 0. The fourth-order valence-corrected chi connectivity index (χ4v) is 1.60. The minimum atomic E-state index is -0.935. The van der Waals surface area contributed by atoms with E-state index in [0.717, 1.165) is 24.6 Å². The molecule has 0 radical (unpaired) electrons. The van der Waals surface area contributed by atoms with Gasteiger partial charge in [0.2, 0.25) is 5.89 Å². The van der Waals surface area contributed by atoms with Crippen LogP contribution in [0.5, 0.6) is 0 Å². The Morgan fingerprint density at radius 3 is 2.89 bits per heavy atom. The highest BCUT2D eigenvalue weighted by Gasteiger charge is 2.19. The van der Waals surface area contributed by atoms with Crippen molar-refractivity contribution in [1.29, 1.82) is 0 Å². The van der Waals surface area contributed by atoms with E-state index < -0.39 is 17.7 Å². The molecule has 1 atom stereocenters. The molecule has 2 rings (SSSR count). The van der Waals surface area contributed by atoms with Crippen LogP contribution in [0.15, 0.2) is 22.7 Å². The van der Waals surface area contributed by atoms with Crippen LogP contribution in [0.3, 0.4) is 0 Å². The molecule has 1 aromatic carbocycles. The highest BCUT2D eigenvalue weighted by atomic mass is 19.1. The van der Waals surface area contributed by atoms with E-state index in [1.165, 1.54) is 0 Å². The van der Waals surface area contributed by atoms with Crippen LogP contribution in [0.2, 0.25) is 0 Å². The second-order valence-corrected chi connectivity index (χ2v) is 3.94. The molecule has 96 valence electrons. The van der Waals surface area contributed by atoms with Crippen molar-refractivity contribution in [3.63, 3.8) is 0 Å². The van der Waals surface area contributed by atoms with Gasteiger partial charge in [-0.1, -0.05) is 12.1 Å². The number of nitrogens with zero attached hydrogens (tertiary/aromatic N) is 2. The normalized spacial score (nSPS) is 12.7. The van der Waals surface area contributed by atoms with Gasteiger partial charge in [-0.25, -0.2) is 8.78 Å². The number of hydrogen-bond acceptors (Lipinski definition) is 4. The number of aryl methyl sites for hydroxylation is 1. The quantitative estimate of drug-likeness (QED) is 0.908. The summed E-state index contributed by atoms with van der Waals surface area (Å²) in [5.74, 6) is -0.549. The summed E-state index contributed by atoms with van der Waals surface area (Å²) in [4.78, 5) is 4.06. The molecule has 0 aliphatic carbocycles. The lowest BCUT2D eigenvalue weighted by molar-refractivity contribution is 0.370. The van der Waals surface area contributed by atoms with Crippen LogP contribution in [0.25, 0.3) is 0 Å². The molecule has 18 heavy (non-hydrogen) atoms. The summed E-state index contributed by atoms with van der Waals surface area (Å²) in [5, 5.41) is 3.68. The maximum Gasteiger partial charge on any atom is 0.226 e. The number of halogens is 2. The molecule has 0 bridgehead atoms. The van der Waals surface area contributed by atoms with Gasteiger partial charge in [0.15, 0.2) is 5.82 Å². The van der Waals surface area contributed by atoms with E-state index >= 15 is 0 Å². The molecule has 2 N–H and O–H groups in total. The Labute approximate surface area is 103 Å². The minimum Gasteiger partial charge on any atom is -0.339 e. The van der Waals surface area contributed by atoms with Gasteiger partial charge in [0.1, 0.15) is 11.6 Å². The Kier molecular flexibility index (Phi) is 3.66. The lowest BCUT2D eigenvalue weighted by atomic mass is 10.1. The van der Waals surface area contributed by atoms with Crippen molar-refractivity contribution in [1.82, 2.24) is 10.1 Å². The van der Waals surface area contributed by atoms with Crippen LogP contribution in [0.4, 0.5) is 8.78 Å². The zero-order valence-corrected chi connectivity index (χ0v) is 9.86. The molecule has 0 amide bonds. The van der Waals surface area contributed by atoms with Crippen molar-refractivity contribution in [2.24, 2.45) is 5.73 Å². The fourth-order valence-electron chi connectivity index (χ4n) is 1.60. The van der Waals surface area contributed by atoms with Gasteiger partial charge in [-0.3, -0.25) is 0 Å². The van der Waals surface area contributed by atoms with Gasteiger partial charge >= 0.3 is 0 Å². The van der Waals surface area contributed by atoms with Crippen molar-refractivity contribution in [3.05, 3.63) is 47.1 Å². The Morgan fingerprint density at radius 2 is 2.17 bits per heavy atom. The van der Waals surface area contributed by atoms with Gasteiger partial charge in [-0.2, -0.15) is 4.98 Å².